The van der Waals surface area contributed by atoms with Gasteiger partial charge in [-0.3, -0.25) is 0 Å². The Bertz CT molecular complexity index is 887. The first-order valence-corrected chi connectivity index (χ1v) is 8.25. The van der Waals surface area contributed by atoms with Gasteiger partial charge in [-0.05, 0) is 26.3 Å². The second-order valence-electron chi connectivity index (χ2n) is 6.64. The molecule has 0 aliphatic heterocycles. The molecule has 25 heavy (non-hydrogen) atoms. The minimum atomic E-state index is -0.608. The summed E-state index contributed by atoms with van der Waals surface area (Å²) in [6, 6.07) is 11.3. The van der Waals surface area contributed by atoms with E-state index in [9.17, 15) is 4.79 Å². The molecule has 2 heterocycles. The van der Waals surface area contributed by atoms with Crippen LogP contribution in [0.2, 0.25) is 5.15 Å². The summed E-state index contributed by atoms with van der Waals surface area (Å²) in [6.45, 7) is 5.81. The maximum atomic E-state index is 12.7. The number of amides is 1. The molecule has 3 aromatic rings. The summed E-state index contributed by atoms with van der Waals surface area (Å²) in [5.41, 5.74) is 1.69. The van der Waals surface area contributed by atoms with Crippen molar-refractivity contribution in [3.05, 3.63) is 53.3 Å². The van der Waals surface area contributed by atoms with E-state index in [4.69, 9.17) is 16.3 Å². The van der Waals surface area contributed by atoms with E-state index in [2.05, 4.69) is 15.0 Å². The van der Waals surface area contributed by atoms with Crippen LogP contribution in [-0.2, 0) is 11.3 Å². The number of benzene rings is 1. The molecule has 1 amide bonds. The first-order chi connectivity index (χ1) is 11.8. The lowest BCUT2D eigenvalue weighted by molar-refractivity contribution is 0.0575. The number of H-pyrrole nitrogens is 1. The van der Waals surface area contributed by atoms with Gasteiger partial charge in [-0.15, -0.1) is 0 Å². The summed E-state index contributed by atoms with van der Waals surface area (Å²) >= 11 is 5.92. The summed E-state index contributed by atoms with van der Waals surface area (Å²) in [6.07, 6.45) is 1.09. The largest absolute Gasteiger partial charge is 0.443 e. The monoisotopic (exact) mass is 358 g/mol. The van der Waals surface area contributed by atoms with Crippen molar-refractivity contribution in [1.82, 2.24) is 15.0 Å². The number of aromatic nitrogens is 3. The molecule has 0 radical (unpaired) electrons. The molecule has 130 valence electrons. The molecular formula is C18H19ClN4O2. The topological polar surface area (TPSA) is 71.1 Å². The van der Waals surface area contributed by atoms with Crippen LogP contribution in [0, 0.1) is 0 Å². The summed E-state index contributed by atoms with van der Waals surface area (Å²) in [7, 11) is 0. The standard InChI is InChI=1S/C18H19ClN4O2/c1-18(2,3)25-17(24)23(11-12-7-5-4-6-8-12)16-21-13-9-15(19)20-10-14(13)22-16/h4-10H,11H2,1-3H3,(H,21,22). The van der Waals surface area contributed by atoms with Gasteiger partial charge in [-0.2, -0.15) is 0 Å². The second-order valence-corrected chi connectivity index (χ2v) is 7.02. The number of aromatic amines is 1. The van der Waals surface area contributed by atoms with E-state index in [1.807, 2.05) is 51.1 Å². The number of carbonyl (C=O) groups is 1. The molecule has 0 saturated heterocycles. The summed E-state index contributed by atoms with van der Waals surface area (Å²) in [5, 5.41) is 0.356. The zero-order chi connectivity index (χ0) is 18.0. The third-order valence-electron chi connectivity index (χ3n) is 3.38. The predicted molar refractivity (Wildman–Crippen MR) is 97.8 cm³/mol. The zero-order valence-corrected chi connectivity index (χ0v) is 15.0. The number of fused-ring (bicyclic) bond motifs is 1. The number of imidazole rings is 1. The lowest BCUT2D eigenvalue weighted by Gasteiger charge is -2.25. The number of halogens is 1. The van der Waals surface area contributed by atoms with Crippen LogP contribution in [-0.4, -0.2) is 26.6 Å². The van der Waals surface area contributed by atoms with E-state index in [1.54, 1.807) is 12.3 Å². The van der Waals surface area contributed by atoms with Crippen molar-refractivity contribution in [1.29, 1.82) is 0 Å². The van der Waals surface area contributed by atoms with E-state index >= 15 is 0 Å². The molecule has 1 aromatic carbocycles. The van der Waals surface area contributed by atoms with Crippen molar-refractivity contribution in [3.8, 4) is 0 Å². The van der Waals surface area contributed by atoms with Crippen LogP contribution in [0.1, 0.15) is 26.3 Å². The van der Waals surface area contributed by atoms with Gasteiger partial charge in [0.05, 0.1) is 18.3 Å². The first kappa shape index (κ1) is 17.2. The normalized spacial score (nSPS) is 11.5. The highest BCUT2D eigenvalue weighted by atomic mass is 35.5. The van der Waals surface area contributed by atoms with Crippen LogP contribution >= 0.6 is 11.6 Å². The Hall–Kier alpha value is -2.60. The number of rotatable bonds is 3. The highest BCUT2D eigenvalue weighted by Crippen LogP contribution is 2.22. The minimum Gasteiger partial charge on any atom is -0.443 e. The molecule has 0 fully saturated rings. The van der Waals surface area contributed by atoms with E-state index in [-0.39, 0.29) is 0 Å². The van der Waals surface area contributed by atoms with Crippen LogP contribution in [0.5, 0.6) is 0 Å². The maximum absolute atomic E-state index is 12.7. The minimum absolute atomic E-state index is 0.330. The fourth-order valence-electron chi connectivity index (χ4n) is 2.31. The number of carbonyl (C=O) groups excluding carboxylic acids is 1. The molecule has 3 rings (SSSR count). The SMILES string of the molecule is CC(C)(C)OC(=O)N(Cc1ccccc1)c1nc2cnc(Cl)cc2[nH]1. The number of nitrogens with zero attached hydrogens (tertiary/aromatic N) is 3. The summed E-state index contributed by atoms with van der Waals surface area (Å²) < 4.78 is 5.53. The smallest absolute Gasteiger partial charge is 0.417 e. The highest BCUT2D eigenvalue weighted by molar-refractivity contribution is 6.29. The predicted octanol–water partition coefficient (Wildman–Crippen LogP) is 4.55. The average Bonchev–Trinajstić information content (AvgIpc) is 2.94. The summed E-state index contributed by atoms with van der Waals surface area (Å²) in [4.78, 5) is 25.8. The quantitative estimate of drug-likeness (QED) is 0.697. The number of hydrogen-bond acceptors (Lipinski definition) is 4. The molecule has 0 spiro atoms. The van der Waals surface area contributed by atoms with E-state index < -0.39 is 11.7 Å². The maximum Gasteiger partial charge on any atom is 0.417 e. The number of pyridine rings is 1. The molecule has 0 aliphatic carbocycles. The van der Waals surface area contributed by atoms with Crippen LogP contribution in [0.4, 0.5) is 10.7 Å². The molecular weight excluding hydrogens is 340 g/mol. The molecule has 0 atom stereocenters. The van der Waals surface area contributed by atoms with Crippen LogP contribution in [0.15, 0.2) is 42.6 Å². The van der Waals surface area contributed by atoms with Gasteiger partial charge < -0.3 is 9.72 Å². The fraction of sp³-hybridized carbons (Fsp3) is 0.278. The number of hydrogen-bond donors (Lipinski definition) is 1. The van der Waals surface area contributed by atoms with Crippen molar-refractivity contribution in [2.24, 2.45) is 0 Å². The van der Waals surface area contributed by atoms with Gasteiger partial charge in [0.25, 0.3) is 0 Å². The summed E-state index contributed by atoms with van der Waals surface area (Å²) in [5.74, 6) is 0.386. The fourth-order valence-corrected chi connectivity index (χ4v) is 2.47. The Morgan fingerprint density at radius 1 is 1.28 bits per heavy atom. The molecule has 0 saturated carbocycles. The molecule has 2 aromatic heterocycles. The van der Waals surface area contributed by atoms with E-state index in [0.717, 1.165) is 5.56 Å². The zero-order valence-electron chi connectivity index (χ0n) is 14.3. The average molecular weight is 359 g/mol. The van der Waals surface area contributed by atoms with Gasteiger partial charge in [0, 0.05) is 6.07 Å². The van der Waals surface area contributed by atoms with Crippen LogP contribution < -0.4 is 4.90 Å². The van der Waals surface area contributed by atoms with Gasteiger partial charge in [-0.25, -0.2) is 19.7 Å². The third-order valence-corrected chi connectivity index (χ3v) is 3.58. The van der Waals surface area contributed by atoms with Crippen molar-refractivity contribution in [3.63, 3.8) is 0 Å². The van der Waals surface area contributed by atoms with Crippen LogP contribution in [0.25, 0.3) is 11.0 Å². The van der Waals surface area contributed by atoms with E-state index in [1.165, 1.54) is 4.90 Å². The molecule has 0 bridgehead atoms. The van der Waals surface area contributed by atoms with Gasteiger partial charge in [0.15, 0.2) is 0 Å². The molecule has 0 unspecified atom stereocenters. The molecule has 6 nitrogen and oxygen atoms in total. The number of ether oxygens (including phenoxy) is 1. The Labute approximate surface area is 150 Å². The van der Waals surface area contributed by atoms with Gasteiger partial charge >= 0.3 is 6.09 Å². The lowest BCUT2D eigenvalue weighted by atomic mass is 10.2. The molecule has 0 aliphatic rings. The van der Waals surface area contributed by atoms with Crippen molar-refractivity contribution < 1.29 is 9.53 Å². The second kappa shape index (κ2) is 6.72. The Balaban J connectivity index is 1.97. The van der Waals surface area contributed by atoms with Crippen molar-refractivity contribution >= 4 is 34.7 Å². The molecule has 7 heteroatoms. The van der Waals surface area contributed by atoms with Gasteiger partial charge in [0.1, 0.15) is 16.3 Å². The van der Waals surface area contributed by atoms with Gasteiger partial charge in [0.2, 0.25) is 5.95 Å². The van der Waals surface area contributed by atoms with Crippen molar-refractivity contribution in [2.75, 3.05) is 4.90 Å². The third kappa shape index (κ3) is 4.28. The van der Waals surface area contributed by atoms with Crippen LogP contribution in [0.3, 0.4) is 0 Å². The Kier molecular flexibility index (Phi) is 4.63. The van der Waals surface area contributed by atoms with Crippen molar-refractivity contribution in [2.45, 2.75) is 32.9 Å². The number of nitrogens with one attached hydrogen (secondary N) is 1. The van der Waals surface area contributed by atoms with E-state index in [0.29, 0.717) is 28.7 Å². The molecule has 1 N–H and O–H groups in total. The lowest BCUT2D eigenvalue weighted by Crippen LogP contribution is -2.37. The van der Waals surface area contributed by atoms with Gasteiger partial charge in [-0.1, -0.05) is 41.9 Å². The Morgan fingerprint density at radius 2 is 2.00 bits per heavy atom. The highest BCUT2D eigenvalue weighted by Gasteiger charge is 2.26. The number of anilines is 1. The Morgan fingerprint density at radius 3 is 2.68 bits per heavy atom. The first-order valence-electron chi connectivity index (χ1n) is 7.87.